The minimum absolute atomic E-state index is 0.137. The Hall–Kier alpha value is -0.870. The van der Waals surface area contributed by atoms with Gasteiger partial charge in [0.25, 0.3) is 0 Å². The molecule has 0 aliphatic rings. The minimum Gasteiger partial charge on any atom is -0.460 e. The third-order valence-corrected chi connectivity index (χ3v) is 4.14. The number of fused-ring (bicyclic) bond motifs is 1. The topological polar surface area (TPSA) is 26.3 Å². The average molecular weight is 341 g/mol. The number of hydrogen-bond donors (Lipinski definition) is 0. The summed E-state index contributed by atoms with van der Waals surface area (Å²) in [4.78, 5) is 11.7. The van der Waals surface area contributed by atoms with E-state index < -0.39 is 5.60 Å². The monoisotopic (exact) mass is 340 g/mol. The molecular weight excluding hydrogens is 324 g/mol. The van der Waals surface area contributed by atoms with Crippen LogP contribution in [0, 0.1) is 0 Å². The number of thiophene rings is 1. The largest absolute Gasteiger partial charge is 0.460 e. The Morgan fingerprint density at radius 2 is 2.11 bits per heavy atom. The van der Waals surface area contributed by atoms with Crippen LogP contribution in [0.2, 0.25) is 0 Å². The van der Waals surface area contributed by atoms with E-state index in [1.54, 1.807) is 11.3 Å². The van der Waals surface area contributed by atoms with Gasteiger partial charge in [-0.3, -0.25) is 4.79 Å². The van der Waals surface area contributed by atoms with Gasteiger partial charge < -0.3 is 4.74 Å². The van der Waals surface area contributed by atoms with E-state index >= 15 is 0 Å². The summed E-state index contributed by atoms with van der Waals surface area (Å²) in [6.07, 6.45) is 1.15. The van der Waals surface area contributed by atoms with E-state index in [9.17, 15) is 4.79 Å². The molecular formula is C15H17BrO2S. The average Bonchev–Trinajstić information content (AvgIpc) is 2.66. The van der Waals surface area contributed by atoms with E-state index in [0.717, 1.165) is 10.9 Å². The fourth-order valence-corrected chi connectivity index (χ4v) is 3.22. The second-order valence-electron chi connectivity index (χ2n) is 5.49. The van der Waals surface area contributed by atoms with Crippen LogP contribution in [0.1, 0.15) is 32.8 Å². The highest BCUT2D eigenvalue weighted by Gasteiger charge is 2.16. The first kappa shape index (κ1) is 14.5. The lowest BCUT2D eigenvalue weighted by atomic mass is 10.1. The summed E-state index contributed by atoms with van der Waals surface area (Å²) in [5, 5.41) is 3.35. The Balaban J connectivity index is 2.06. The predicted molar refractivity (Wildman–Crippen MR) is 83.7 cm³/mol. The zero-order chi connectivity index (χ0) is 14.0. The van der Waals surface area contributed by atoms with Crippen LogP contribution in [0.4, 0.5) is 0 Å². The molecule has 0 saturated heterocycles. The van der Waals surface area contributed by atoms with Crippen molar-refractivity contribution in [1.29, 1.82) is 0 Å². The van der Waals surface area contributed by atoms with Crippen LogP contribution in [0.25, 0.3) is 10.1 Å². The molecule has 0 N–H and O–H groups in total. The Morgan fingerprint density at radius 3 is 2.79 bits per heavy atom. The molecule has 1 heterocycles. The summed E-state index contributed by atoms with van der Waals surface area (Å²) in [7, 11) is 0. The van der Waals surface area contributed by atoms with E-state index in [-0.39, 0.29) is 5.97 Å². The minimum atomic E-state index is -0.406. The van der Waals surface area contributed by atoms with Crippen molar-refractivity contribution >= 4 is 43.3 Å². The Labute approximate surface area is 125 Å². The molecule has 0 aliphatic carbocycles. The van der Waals surface area contributed by atoms with Crippen molar-refractivity contribution in [3.63, 3.8) is 0 Å². The maximum atomic E-state index is 11.7. The molecule has 0 spiro atoms. The third-order valence-electron chi connectivity index (χ3n) is 2.63. The van der Waals surface area contributed by atoms with Gasteiger partial charge in [0.2, 0.25) is 0 Å². The summed E-state index contributed by atoms with van der Waals surface area (Å²) in [5.41, 5.74) is 0.809. The molecule has 0 radical (unpaired) electrons. The SMILES string of the molecule is CC(C)(C)OC(=O)CCc1csc2ccc(Br)cc12. The van der Waals surface area contributed by atoms with Gasteiger partial charge in [0, 0.05) is 15.6 Å². The highest BCUT2D eigenvalue weighted by atomic mass is 79.9. The summed E-state index contributed by atoms with van der Waals surface area (Å²) in [5.74, 6) is -0.137. The third kappa shape index (κ3) is 4.05. The number of carbonyl (C=O) groups excluding carboxylic acids is 1. The molecule has 0 unspecified atom stereocenters. The molecule has 4 heteroatoms. The fourth-order valence-electron chi connectivity index (χ4n) is 1.88. The fraction of sp³-hybridized carbons (Fsp3) is 0.400. The molecule has 102 valence electrons. The molecule has 0 aliphatic heterocycles. The molecule has 0 saturated carbocycles. The lowest BCUT2D eigenvalue weighted by Crippen LogP contribution is -2.23. The van der Waals surface area contributed by atoms with Crippen LogP contribution in [0.15, 0.2) is 28.1 Å². The summed E-state index contributed by atoms with van der Waals surface area (Å²) < 4.78 is 7.65. The van der Waals surface area contributed by atoms with E-state index in [4.69, 9.17) is 4.74 Å². The normalized spacial score (nSPS) is 11.8. The summed E-state index contributed by atoms with van der Waals surface area (Å²) >= 11 is 5.20. The van der Waals surface area contributed by atoms with Crippen LogP contribution in [0.5, 0.6) is 0 Å². The molecule has 1 aromatic heterocycles. The van der Waals surface area contributed by atoms with Crippen molar-refractivity contribution in [3.05, 3.63) is 33.6 Å². The number of ether oxygens (including phenoxy) is 1. The van der Waals surface area contributed by atoms with Gasteiger partial charge in [-0.15, -0.1) is 11.3 Å². The van der Waals surface area contributed by atoms with Gasteiger partial charge in [-0.05, 0) is 61.7 Å². The van der Waals surface area contributed by atoms with Crippen LogP contribution in [-0.2, 0) is 16.0 Å². The van der Waals surface area contributed by atoms with Crippen molar-refractivity contribution in [1.82, 2.24) is 0 Å². The van der Waals surface area contributed by atoms with Gasteiger partial charge in [-0.1, -0.05) is 15.9 Å². The molecule has 0 bridgehead atoms. The molecule has 0 fully saturated rings. The van der Waals surface area contributed by atoms with Crippen LogP contribution in [-0.4, -0.2) is 11.6 Å². The summed E-state index contributed by atoms with van der Waals surface area (Å²) in [6, 6.07) is 6.24. The van der Waals surface area contributed by atoms with E-state index in [1.807, 2.05) is 26.8 Å². The Kier molecular flexibility index (Phi) is 4.31. The lowest BCUT2D eigenvalue weighted by Gasteiger charge is -2.19. The van der Waals surface area contributed by atoms with Gasteiger partial charge in [-0.2, -0.15) is 0 Å². The number of benzene rings is 1. The van der Waals surface area contributed by atoms with E-state index in [1.165, 1.54) is 15.6 Å². The van der Waals surface area contributed by atoms with Gasteiger partial charge in [0.15, 0.2) is 0 Å². The first-order valence-electron chi connectivity index (χ1n) is 6.22. The second-order valence-corrected chi connectivity index (χ2v) is 7.31. The maximum Gasteiger partial charge on any atom is 0.306 e. The number of aryl methyl sites for hydroxylation is 1. The van der Waals surface area contributed by atoms with Crippen molar-refractivity contribution in [3.8, 4) is 0 Å². The van der Waals surface area contributed by atoms with Crippen LogP contribution < -0.4 is 0 Å². The molecule has 19 heavy (non-hydrogen) atoms. The van der Waals surface area contributed by atoms with Gasteiger partial charge in [-0.25, -0.2) is 0 Å². The lowest BCUT2D eigenvalue weighted by molar-refractivity contribution is -0.154. The van der Waals surface area contributed by atoms with Gasteiger partial charge in [0.1, 0.15) is 5.60 Å². The smallest absolute Gasteiger partial charge is 0.306 e. The number of carbonyl (C=O) groups is 1. The molecule has 0 amide bonds. The highest BCUT2D eigenvalue weighted by Crippen LogP contribution is 2.29. The van der Waals surface area contributed by atoms with Crippen LogP contribution in [0.3, 0.4) is 0 Å². The first-order chi connectivity index (χ1) is 8.85. The zero-order valence-corrected chi connectivity index (χ0v) is 13.7. The molecule has 2 aromatic rings. The molecule has 2 rings (SSSR count). The number of hydrogen-bond acceptors (Lipinski definition) is 3. The summed E-state index contributed by atoms with van der Waals surface area (Å²) in [6.45, 7) is 5.67. The van der Waals surface area contributed by atoms with E-state index in [0.29, 0.717) is 6.42 Å². The number of halogens is 1. The second kappa shape index (κ2) is 5.63. The predicted octanol–water partition coefficient (Wildman–Crippen LogP) is 4.94. The zero-order valence-electron chi connectivity index (χ0n) is 11.3. The molecule has 2 nitrogen and oxygen atoms in total. The van der Waals surface area contributed by atoms with Crippen molar-refractivity contribution in [2.75, 3.05) is 0 Å². The number of esters is 1. The first-order valence-corrected chi connectivity index (χ1v) is 7.90. The van der Waals surface area contributed by atoms with Crippen LogP contribution >= 0.6 is 27.3 Å². The van der Waals surface area contributed by atoms with E-state index in [2.05, 4.69) is 33.4 Å². The van der Waals surface area contributed by atoms with Crippen molar-refractivity contribution in [2.45, 2.75) is 39.2 Å². The molecule has 1 aromatic carbocycles. The van der Waals surface area contributed by atoms with Crippen molar-refractivity contribution in [2.24, 2.45) is 0 Å². The highest BCUT2D eigenvalue weighted by molar-refractivity contribution is 9.10. The molecule has 0 atom stereocenters. The Bertz CT molecular complexity index is 596. The van der Waals surface area contributed by atoms with Gasteiger partial charge >= 0.3 is 5.97 Å². The van der Waals surface area contributed by atoms with Gasteiger partial charge in [0.05, 0.1) is 0 Å². The standard InChI is InChI=1S/C15H17BrO2S/c1-15(2,3)18-14(17)7-4-10-9-19-13-6-5-11(16)8-12(10)13/h5-6,8-9H,4,7H2,1-3H3. The maximum absolute atomic E-state index is 11.7. The quantitative estimate of drug-likeness (QED) is 0.740. The number of rotatable bonds is 3. The van der Waals surface area contributed by atoms with Crippen molar-refractivity contribution < 1.29 is 9.53 Å². The Morgan fingerprint density at radius 1 is 1.37 bits per heavy atom.